The molecule has 0 saturated heterocycles. The van der Waals surface area contributed by atoms with Crippen molar-refractivity contribution in [3.05, 3.63) is 64.5 Å². The number of nitrogens with one attached hydrogen (secondary N) is 2. The van der Waals surface area contributed by atoms with E-state index >= 15 is 0 Å². The zero-order chi connectivity index (χ0) is 22.3. The molecule has 0 unspecified atom stereocenters. The second-order valence-electron chi connectivity index (χ2n) is 7.06. The Hall–Kier alpha value is -3.89. The summed E-state index contributed by atoms with van der Waals surface area (Å²) in [6.45, 7) is 3.58. The number of oxazole rings is 1. The molecule has 0 radical (unpaired) electrons. The first-order valence-electron chi connectivity index (χ1n) is 9.19. The Morgan fingerprint density at radius 2 is 1.94 bits per heavy atom. The zero-order valence-electron chi connectivity index (χ0n) is 16.3. The van der Waals surface area contributed by atoms with E-state index in [1.807, 2.05) is 0 Å². The van der Waals surface area contributed by atoms with Crippen LogP contribution in [0.25, 0.3) is 28.2 Å². The molecule has 0 bridgehead atoms. The molecule has 1 aromatic carbocycles. The molecule has 4 aromatic rings. The van der Waals surface area contributed by atoms with Gasteiger partial charge in [-0.2, -0.15) is 13.2 Å². The first-order valence-corrected chi connectivity index (χ1v) is 9.19. The molecular weight excluding hydrogens is 415 g/mol. The minimum Gasteiger partial charge on any atom is -0.432 e. The number of benzene rings is 1. The van der Waals surface area contributed by atoms with Gasteiger partial charge in [0.2, 0.25) is 0 Å². The minimum absolute atomic E-state index is 0.109. The number of rotatable bonds is 4. The number of halogens is 3. The van der Waals surface area contributed by atoms with Gasteiger partial charge in [-0.1, -0.05) is 12.1 Å². The predicted molar refractivity (Wildman–Crippen MR) is 104 cm³/mol. The van der Waals surface area contributed by atoms with E-state index in [-0.39, 0.29) is 29.0 Å². The van der Waals surface area contributed by atoms with Crippen molar-refractivity contribution >= 4 is 11.6 Å². The fraction of sp³-hybridized carbons (Fsp3) is 0.200. The molecule has 0 atom stereocenters. The molecule has 0 aliphatic heterocycles. The van der Waals surface area contributed by atoms with Gasteiger partial charge in [0.05, 0.1) is 23.0 Å². The van der Waals surface area contributed by atoms with Crippen LogP contribution in [0.1, 0.15) is 30.1 Å². The maximum absolute atomic E-state index is 12.8. The summed E-state index contributed by atoms with van der Waals surface area (Å²) in [4.78, 5) is 32.9. The molecular formula is C20H16F3N5O3. The molecule has 160 valence electrons. The van der Waals surface area contributed by atoms with Crippen molar-refractivity contribution in [2.45, 2.75) is 26.1 Å². The van der Waals surface area contributed by atoms with Crippen LogP contribution < -0.4 is 10.9 Å². The van der Waals surface area contributed by atoms with Crippen molar-refractivity contribution < 1.29 is 22.4 Å². The first kappa shape index (κ1) is 20.4. The molecule has 3 aromatic heterocycles. The molecule has 3 heterocycles. The molecule has 1 amide bonds. The van der Waals surface area contributed by atoms with Crippen LogP contribution in [0, 0.1) is 0 Å². The number of amides is 1. The number of aromatic nitrogens is 4. The highest BCUT2D eigenvalue weighted by Gasteiger charge is 2.30. The van der Waals surface area contributed by atoms with Crippen LogP contribution in [0.3, 0.4) is 0 Å². The summed E-state index contributed by atoms with van der Waals surface area (Å²) in [6.07, 6.45) is -1.67. The Labute approximate surface area is 172 Å². The third-order valence-electron chi connectivity index (χ3n) is 4.39. The summed E-state index contributed by atoms with van der Waals surface area (Å²) in [5, 5.41) is 5.39. The Kier molecular flexibility index (Phi) is 4.88. The van der Waals surface area contributed by atoms with Crippen LogP contribution in [0.15, 0.2) is 51.9 Å². The van der Waals surface area contributed by atoms with Crippen LogP contribution >= 0.6 is 0 Å². The minimum atomic E-state index is -4.46. The summed E-state index contributed by atoms with van der Waals surface area (Å²) in [5.74, 6) is -0.440. The Morgan fingerprint density at radius 1 is 1.23 bits per heavy atom. The van der Waals surface area contributed by atoms with Gasteiger partial charge in [-0.05, 0) is 26.0 Å². The monoisotopic (exact) mass is 431 g/mol. The number of H-pyrrole nitrogens is 1. The van der Waals surface area contributed by atoms with Crippen molar-refractivity contribution in [2.24, 2.45) is 0 Å². The standard InChI is InChI=1S/C20H16F3N5O3/c1-10(2)26-18(30)19-24-9-15(31-19)13-8-25-28-16(29)7-14(27-17(13)28)11-3-5-12(6-4-11)20(21,22)23/h3-10,25H,1-2H3,(H,26,30). The lowest BCUT2D eigenvalue weighted by Gasteiger charge is -2.07. The highest BCUT2D eigenvalue weighted by Crippen LogP contribution is 2.31. The highest BCUT2D eigenvalue weighted by atomic mass is 19.4. The maximum Gasteiger partial charge on any atom is 0.416 e. The van der Waals surface area contributed by atoms with Gasteiger partial charge in [-0.15, -0.1) is 0 Å². The molecule has 4 rings (SSSR count). The van der Waals surface area contributed by atoms with Gasteiger partial charge >= 0.3 is 12.1 Å². The lowest BCUT2D eigenvalue weighted by molar-refractivity contribution is -0.137. The van der Waals surface area contributed by atoms with Crippen molar-refractivity contribution in [3.8, 4) is 22.6 Å². The van der Waals surface area contributed by atoms with E-state index in [1.165, 1.54) is 30.6 Å². The molecule has 0 saturated carbocycles. The fourth-order valence-corrected chi connectivity index (χ4v) is 2.97. The van der Waals surface area contributed by atoms with E-state index in [0.717, 1.165) is 16.6 Å². The number of fused-ring (bicyclic) bond motifs is 1. The first-order chi connectivity index (χ1) is 14.6. The predicted octanol–water partition coefficient (Wildman–Crippen LogP) is 3.50. The second kappa shape index (κ2) is 7.42. The number of carbonyl (C=O) groups is 1. The third-order valence-corrected chi connectivity index (χ3v) is 4.39. The van der Waals surface area contributed by atoms with Gasteiger partial charge in [0.1, 0.15) is 0 Å². The van der Waals surface area contributed by atoms with Crippen LogP contribution in [0.5, 0.6) is 0 Å². The fourth-order valence-electron chi connectivity index (χ4n) is 2.97. The summed E-state index contributed by atoms with van der Waals surface area (Å²) in [6, 6.07) is 5.44. The molecule has 0 spiro atoms. The average molecular weight is 431 g/mol. The van der Waals surface area contributed by atoms with Crippen LogP contribution in [0.4, 0.5) is 13.2 Å². The molecule has 0 fully saturated rings. The second-order valence-corrected chi connectivity index (χ2v) is 7.06. The van der Waals surface area contributed by atoms with Gasteiger partial charge in [0.15, 0.2) is 11.4 Å². The number of hydrogen-bond donors (Lipinski definition) is 2. The topological polar surface area (TPSA) is 105 Å². The van der Waals surface area contributed by atoms with Gasteiger partial charge in [-0.3, -0.25) is 14.7 Å². The molecule has 31 heavy (non-hydrogen) atoms. The van der Waals surface area contributed by atoms with Gasteiger partial charge < -0.3 is 9.73 Å². The lowest BCUT2D eigenvalue weighted by atomic mass is 10.1. The van der Waals surface area contributed by atoms with Crippen LogP contribution in [0.2, 0.25) is 0 Å². The lowest BCUT2D eigenvalue weighted by Crippen LogP contribution is -2.30. The number of nitrogens with zero attached hydrogens (tertiary/aromatic N) is 3. The highest BCUT2D eigenvalue weighted by molar-refractivity contribution is 5.90. The Morgan fingerprint density at radius 3 is 2.58 bits per heavy atom. The maximum atomic E-state index is 12.8. The van der Waals surface area contributed by atoms with Crippen molar-refractivity contribution in [2.75, 3.05) is 0 Å². The van der Waals surface area contributed by atoms with Crippen LogP contribution in [-0.4, -0.2) is 31.5 Å². The normalized spacial score (nSPS) is 11.9. The van der Waals surface area contributed by atoms with E-state index in [0.29, 0.717) is 11.1 Å². The average Bonchev–Trinajstić information content (AvgIpc) is 3.34. The molecule has 0 aliphatic carbocycles. The molecule has 0 aliphatic rings. The number of alkyl halides is 3. The smallest absolute Gasteiger partial charge is 0.416 e. The molecule has 2 N–H and O–H groups in total. The van der Waals surface area contributed by atoms with Crippen molar-refractivity contribution in [1.82, 2.24) is 24.9 Å². The van der Waals surface area contributed by atoms with E-state index < -0.39 is 23.2 Å². The summed E-state index contributed by atoms with van der Waals surface area (Å²) in [7, 11) is 0. The van der Waals surface area contributed by atoms with Crippen molar-refractivity contribution in [1.29, 1.82) is 0 Å². The zero-order valence-corrected chi connectivity index (χ0v) is 16.3. The summed E-state index contributed by atoms with van der Waals surface area (Å²) < 4.78 is 45.1. The van der Waals surface area contributed by atoms with Gasteiger partial charge in [0.25, 0.3) is 11.4 Å². The largest absolute Gasteiger partial charge is 0.432 e. The third kappa shape index (κ3) is 3.93. The van der Waals surface area contributed by atoms with E-state index in [2.05, 4.69) is 20.4 Å². The summed E-state index contributed by atoms with van der Waals surface area (Å²) >= 11 is 0. The number of carbonyl (C=O) groups excluding carboxylic acids is 1. The number of aromatic amines is 1. The van der Waals surface area contributed by atoms with Gasteiger partial charge in [0, 0.05) is 23.9 Å². The van der Waals surface area contributed by atoms with Gasteiger partial charge in [-0.25, -0.2) is 14.5 Å². The quantitative estimate of drug-likeness (QED) is 0.515. The molecule has 8 nitrogen and oxygen atoms in total. The Bertz CT molecular complexity index is 1320. The SMILES string of the molecule is CC(C)NC(=O)c1ncc(-c2c[nH]n3c(=O)cc(-c4ccc(C(F)(F)F)cc4)nc23)o1. The summed E-state index contributed by atoms with van der Waals surface area (Å²) in [5.41, 5.74) is -0.198. The number of hydrogen-bond acceptors (Lipinski definition) is 5. The molecule has 11 heteroatoms. The van der Waals surface area contributed by atoms with Crippen molar-refractivity contribution in [3.63, 3.8) is 0 Å². The van der Waals surface area contributed by atoms with E-state index in [4.69, 9.17) is 4.42 Å². The van der Waals surface area contributed by atoms with E-state index in [9.17, 15) is 22.8 Å². The Balaban J connectivity index is 1.75. The van der Waals surface area contributed by atoms with Crippen LogP contribution in [-0.2, 0) is 6.18 Å². The van der Waals surface area contributed by atoms with E-state index in [1.54, 1.807) is 13.8 Å².